The van der Waals surface area contributed by atoms with Crippen LogP contribution >= 0.6 is 11.8 Å². The van der Waals surface area contributed by atoms with Gasteiger partial charge in [-0.2, -0.15) is 0 Å². The van der Waals surface area contributed by atoms with E-state index in [9.17, 15) is 5.11 Å². The molecule has 1 heterocycles. The molecule has 1 aromatic carbocycles. The number of nitrogens with one attached hydrogen (secondary N) is 1. The molecule has 1 aromatic heterocycles. The van der Waals surface area contributed by atoms with Crippen molar-refractivity contribution in [2.24, 2.45) is 0 Å². The monoisotopic (exact) mass is 343 g/mol. The molecule has 2 N–H and O–H groups in total. The summed E-state index contributed by atoms with van der Waals surface area (Å²) in [7, 11) is 0. The van der Waals surface area contributed by atoms with Crippen LogP contribution in [0.3, 0.4) is 0 Å². The lowest BCUT2D eigenvalue weighted by molar-refractivity contribution is -0.00898. The van der Waals surface area contributed by atoms with E-state index in [0.717, 1.165) is 35.6 Å². The highest BCUT2D eigenvalue weighted by molar-refractivity contribution is 7.99. The Morgan fingerprint density at radius 1 is 1.12 bits per heavy atom. The maximum Gasteiger partial charge on any atom is 0.224 e. The van der Waals surface area contributed by atoms with Crippen LogP contribution in [-0.4, -0.2) is 26.7 Å². The zero-order valence-corrected chi connectivity index (χ0v) is 15.1. The minimum Gasteiger partial charge on any atom is -0.388 e. The number of aromatic nitrogens is 2. The second-order valence-electron chi connectivity index (χ2n) is 6.66. The van der Waals surface area contributed by atoms with Gasteiger partial charge in [-0.05, 0) is 44.9 Å². The number of nitrogens with zero attached hydrogens (tertiary/aromatic N) is 2. The van der Waals surface area contributed by atoms with E-state index in [0.29, 0.717) is 5.95 Å². The molecule has 1 saturated carbocycles. The van der Waals surface area contributed by atoms with Crippen LogP contribution in [0.25, 0.3) is 0 Å². The highest BCUT2D eigenvalue weighted by Crippen LogP contribution is 2.32. The SMILES string of the molecule is Cc1ccc(Sc2ccnc(NC(C)C3(O)CCCCC3)n2)cc1. The van der Waals surface area contributed by atoms with Crippen molar-refractivity contribution in [3.63, 3.8) is 0 Å². The summed E-state index contributed by atoms with van der Waals surface area (Å²) in [6.45, 7) is 4.10. The molecule has 1 atom stereocenters. The van der Waals surface area contributed by atoms with E-state index in [1.54, 1.807) is 18.0 Å². The number of hydrogen-bond donors (Lipinski definition) is 2. The van der Waals surface area contributed by atoms with E-state index in [4.69, 9.17) is 0 Å². The maximum atomic E-state index is 10.8. The zero-order chi connectivity index (χ0) is 17.0. The van der Waals surface area contributed by atoms with Crippen LogP contribution in [0.5, 0.6) is 0 Å². The molecule has 5 heteroatoms. The molecule has 0 radical (unpaired) electrons. The van der Waals surface area contributed by atoms with Crippen molar-refractivity contribution in [2.45, 2.75) is 67.5 Å². The molecule has 1 unspecified atom stereocenters. The quantitative estimate of drug-likeness (QED) is 0.787. The van der Waals surface area contributed by atoms with Gasteiger partial charge in [-0.3, -0.25) is 0 Å². The Labute approximate surface area is 148 Å². The van der Waals surface area contributed by atoms with Crippen molar-refractivity contribution < 1.29 is 5.11 Å². The average Bonchev–Trinajstić information content (AvgIpc) is 2.58. The normalized spacial score (nSPS) is 18.1. The Kier molecular flexibility index (Phi) is 5.41. The third kappa shape index (κ3) is 4.28. The summed E-state index contributed by atoms with van der Waals surface area (Å²) in [6, 6.07) is 10.3. The molecule has 0 amide bonds. The third-order valence-electron chi connectivity index (χ3n) is 4.74. The van der Waals surface area contributed by atoms with Gasteiger partial charge < -0.3 is 10.4 Å². The highest BCUT2D eigenvalue weighted by atomic mass is 32.2. The van der Waals surface area contributed by atoms with Gasteiger partial charge in [0.15, 0.2) is 0 Å². The Bertz CT molecular complexity index is 669. The third-order valence-corrected chi connectivity index (χ3v) is 5.69. The molecule has 2 aromatic rings. The summed E-state index contributed by atoms with van der Waals surface area (Å²) in [5.74, 6) is 0.582. The van der Waals surface area contributed by atoms with Gasteiger partial charge in [0.2, 0.25) is 5.95 Å². The molecular formula is C19H25N3OS. The maximum absolute atomic E-state index is 10.8. The lowest BCUT2D eigenvalue weighted by Crippen LogP contribution is -2.46. The van der Waals surface area contributed by atoms with Gasteiger partial charge in [-0.15, -0.1) is 0 Å². The molecule has 128 valence electrons. The molecule has 1 aliphatic rings. The lowest BCUT2D eigenvalue weighted by Gasteiger charge is -2.37. The number of aliphatic hydroxyl groups is 1. The molecular weight excluding hydrogens is 318 g/mol. The van der Waals surface area contributed by atoms with Crippen LogP contribution < -0.4 is 5.32 Å². The number of anilines is 1. The number of benzene rings is 1. The molecule has 0 spiro atoms. The van der Waals surface area contributed by atoms with Crippen molar-refractivity contribution in [3.8, 4) is 0 Å². The predicted molar refractivity (Wildman–Crippen MR) is 98.5 cm³/mol. The van der Waals surface area contributed by atoms with Crippen LogP contribution in [0.1, 0.15) is 44.6 Å². The molecule has 24 heavy (non-hydrogen) atoms. The van der Waals surface area contributed by atoms with Crippen LogP contribution in [0.4, 0.5) is 5.95 Å². The fourth-order valence-electron chi connectivity index (χ4n) is 3.12. The molecule has 1 fully saturated rings. The van der Waals surface area contributed by atoms with Crippen molar-refractivity contribution in [2.75, 3.05) is 5.32 Å². The summed E-state index contributed by atoms with van der Waals surface area (Å²) in [6.07, 6.45) is 6.86. The van der Waals surface area contributed by atoms with Crippen LogP contribution in [0, 0.1) is 6.92 Å². The van der Waals surface area contributed by atoms with Gasteiger partial charge >= 0.3 is 0 Å². The first-order valence-corrected chi connectivity index (χ1v) is 9.43. The van der Waals surface area contributed by atoms with E-state index in [1.807, 2.05) is 13.0 Å². The summed E-state index contributed by atoms with van der Waals surface area (Å²) in [5, 5.41) is 15.0. The highest BCUT2D eigenvalue weighted by Gasteiger charge is 2.35. The van der Waals surface area contributed by atoms with Gasteiger partial charge in [0.05, 0.1) is 11.6 Å². The van der Waals surface area contributed by atoms with Gasteiger partial charge in [-0.25, -0.2) is 9.97 Å². The first-order valence-electron chi connectivity index (χ1n) is 8.62. The van der Waals surface area contributed by atoms with Crippen LogP contribution in [0.15, 0.2) is 46.5 Å². The van der Waals surface area contributed by atoms with Crippen molar-refractivity contribution >= 4 is 17.7 Å². The standard InChI is InChI=1S/C19H25N3OS/c1-14-6-8-16(9-7-14)24-17-10-13-20-18(22-17)21-15(2)19(23)11-4-3-5-12-19/h6-10,13,15,23H,3-5,11-12H2,1-2H3,(H,20,21,22). The van der Waals surface area contributed by atoms with Crippen LogP contribution in [0.2, 0.25) is 0 Å². The first-order chi connectivity index (χ1) is 11.5. The largest absolute Gasteiger partial charge is 0.388 e. The summed E-state index contributed by atoms with van der Waals surface area (Å²) >= 11 is 1.62. The second-order valence-corrected chi connectivity index (χ2v) is 7.76. The first kappa shape index (κ1) is 17.2. The fraction of sp³-hybridized carbons (Fsp3) is 0.474. The summed E-state index contributed by atoms with van der Waals surface area (Å²) in [5.41, 5.74) is 0.598. The topological polar surface area (TPSA) is 58.0 Å². The van der Waals surface area contributed by atoms with Crippen molar-refractivity contribution in [1.82, 2.24) is 9.97 Å². The van der Waals surface area contributed by atoms with E-state index in [-0.39, 0.29) is 6.04 Å². The second kappa shape index (κ2) is 7.53. The Morgan fingerprint density at radius 2 is 1.83 bits per heavy atom. The molecule has 0 aliphatic heterocycles. The predicted octanol–water partition coefficient (Wildman–Crippen LogP) is 4.43. The van der Waals surface area contributed by atoms with Crippen LogP contribution in [-0.2, 0) is 0 Å². The van der Waals surface area contributed by atoms with E-state index in [2.05, 4.69) is 46.5 Å². The molecule has 0 saturated heterocycles. The Balaban J connectivity index is 1.67. The van der Waals surface area contributed by atoms with E-state index in [1.165, 1.54) is 12.0 Å². The smallest absolute Gasteiger partial charge is 0.224 e. The number of hydrogen-bond acceptors (Lipinski definition) is 5. The molecule has 1 aliphatic carbocycles. The number of rotatable bonds is 5. The fourth-order valence-corrected chi connectivity index (χ4v) is 3.90. The van der Waals surface area contributed by atoms with E-state index < -0.39 is 5.60 Å². The summed E-state index contributed by atoms with van der Waals surface area (Å²) in [4.78, 5) is 10.1. The van der Waals surface area contributed by atoms with Gasteiger partial charge in [0, 0.05) is 11.1 Å². The van der Waals surface area contributed by atoms with Gasteiger partial charge in [0.25, 0.3) is 0 Å². The molecule has 4 nitrogen and oxygen atoms in total. The van der Waals surface area contributed by atoms with E-state index >= 15 is 0 Å². The van der Waals surface area contributed by atoms with Gasteiger partial charge in [0.1, 0.15) is 5.03 Å². The molecule has 3 rings (SSSR count). The minimum atomic E-state index is -0.651. The average molecular weight is 343 g/mol. The number of aryl methyl sites for hydroxylation is 1. The van der Waals surface area contributed by atoms with Crippen molar-refractivity contribution in [1.29, 1.82) is 0 Å². The molecule has 0 bridgehead atoms. The van der Waals surface area contributed by atoms with Crippen molar-refractivity contribution in [3.05, 3.63) is 42.1 Å². The minimum absolute atomic E-state index is 0.0579. The summed E-state index contributed by atoms with van der Waals surface area (Å²) < 4.78 is 0. The Hall–Kier alpha value is -1.59. The Morgan fingerprint density at radius 3 is 2.54 bits per heavy atom. The zero-order valence-electron chi connectivity index (χ0n) is 14.3. The van der Waals surface area contributed by atoms with Gasteiger partial charge in [-0.1, -0.05) is 48.7 Å². The lowest BCUT2D eigenvalue weighted by atomic mass is 9.80.